The van der Waals surface area contributed by atoms with Crippen LogP contribution < -0.4 is 0 Å². The van der Waals surface area contributed by atoms with E-state index < -0.39 is 12.1 Å². The molecule has 0 radical (unpaired) electrons. The van der Waals surface area contributed by atoms with Gasteiger partial charge in [0.05, 0.1) is 17.4 Å². The average molecular weight is 400 g/mol. The third-order valence-corrected chi connectivity index (χ3v) is 3.71. The van der Waals surface area contributed by atoms with Crippen molar-refractivity contribution in [1.82, 2.24) is 24.7 Å². The van der Waals surface area contributed by atoms with Crippen molar-refractivity contribution < 1.29 is 23.1 Å². The third kappa shape index (κ3) is 4.38. The third-order valence-electron chi connectivity index (χ3n) is 3.71. The summed E-state index contributed by atoms with van der Waals surface area (Å²) in [7, 11) is 0. The van der Waals surface area contributed by atoms with Gasteiger partial charge in [0.25, 0.3) is 0 Å². The maximum Gasteiger partial charge on any atom is 0.490 e. The Balaban J connectivity index is 0.000000298. The Labute approximate surface area is 160 Å². The van der Waals surface area contributed by atoms with Crippen LogP contribution in [0, 0.1) is 11.3 Å². The van der Waals surface area contributed by atoms with Crippen LogP contribution in [0.3, 0.4) is 0 Å². The molecule has 0 bridgehead atoms. The van der Waals surface area contributed by atoms with E-state index in [0.717, 1.165) is 27.8 Å². The maximum atomic E-state index is 10.6. The normalized spacial score (nSPS) is 10.8. The van der Waals surface area contributed by atoms with Crippen molar-refractivity contribution in [3.8, 4) is 22.9 Å². The van der Waals surface area contributed by atoms with Crippen molar-refractivity contribution in [2.75, 3.05) is 0 Å². The van der Waals surface area contributed by atoms with Crippen LogP contribution in [0.5, 0.6) is 0 Å². The predicted molar refractivity (Wildman–Crippen MR) is 94.9 cm³/mol. The zero-order valence-corrected chi connectivity index (χ0v) is 14.4. The van der Waals surface area contributed by atoms with Crippen LogP contribution >= 0.6 is 0 Å². The summed E-state index contributed by atoms with van der Waals surface area (Å²) >= 11 is 0. The Morgan fingerprint density at radius 3 is 2.66 bits per heavy atom. The number of nitrogens with zero attached hydrogens (tertiary/aromatic N) is 5. The highest BCUT2D eigenvalue weighted by atomic mass is 19.4. The Hall–Kier alpha value is -4.20. The molecule has 0 fully saturated rings. The summed E-state index contributed by atoms with van der Waals surface area (Å²) in [6.07, 6.45) is 5.46. The van der Waals surface area contributed by atoms with Crippen LogP contribution in [-0.4, -0.2) is 42.0 Å². The fraction of sp³-hybridized carbons (Fsp3) is 0.0556. The number of nitrogens with one attached hydrogen (secondary N) is 1. The Morgan fingerprint density at radius 1 is 1.21 bits per heavy atom. The van der Waals surface area contributed by atoms with Gasteiger partial charge in [0.2, 0.25) is 0 Å². The predicted octanol–water partition coefficient (Wildman–Crippen LogP) is 3.32. The summed E-state index contributed by atoms with van der Waals surface area (Å²) in [6.45, 7) is 0. The second kappa shape index (κ2) is 7.81. The SMILES string of the molecule is N#Cc1cncc(-c2cnn(-c3ccnc4[nH]ccc34)c2)c1.O=C(O)C(F)(F)F. The maximum absolute atomic E-state index is 10.6. The van der Waals surface area contributed by atoms with E-state index in [2.05, 4.69) is 26.1 Å². The lowest BCUT2D eigenvalue weighted by molar-refractivity contribution is -0.192. The molecule has 2 N–H and O–H groups in total. The molecule has 29 heavy (non-hydrogen) atoms. The molecular weight excluding hydrogens is 389 g/mol. The Bertz CT molecular complexity index is 1210. The topological polar surface area (TPSA) is 120 Å². The molecule has 0 saturated carbocycles. The number of alkyl halides is 3. The van der Waals surface area contributed by atoms with E-state index in [0.29, 0.717) is 5.56 Å². The van der Waals surface area contributed by atoms with Crippen LogP contribution in [0.25, 0.3) is 27.8 Å². The zero-order chi connectivity index (χ0) is 21.0. The number of aliphatic carboxylic acids is 1. The first kappa shape index (κ1) is 19.6. The van der Waals surface area contributed by atoms with Gasteiger partial charge in [-0.05, 0) is 18.2 Å². The summed E-state index contributed by atoms with van der Waals surface area (Å²) in [5.74, 6) is -2.76. The number of carboxylic acid groups (broad SMARTS) is 1. The van der Waals surface area contributed by atoms with Crippen molar-refractivity contribution in [2.24, 2.45) is 0 Å². The lowest BCUT2D eigenvalue weighted by Crippen LogP contribution is -2.21. The largest absolute Gasteiger partial charge is 0.490 e. The van der Waals surface area contributed by atoms with E-state index in [9.17, 15) is 13.2 Å². The zero-order valence-electron chi connectivity index (χ0n) is 14.4. The van der Waals surface area contributed by atoms with Gasteiger partial charge >= 0.3 is 12.1 Å². The molecule has 0 aliphatic carbocycles. The number of rotatable bonds is 2. The molecule has 11 heteroatoms. The minimum atomic E-state index is -5.08. The van der Waals surface area contributed by atoms with Gasteiger partial charge in [0.15, 0.2) is 0 Å². The van der Waals surface area contributed by atoms with Gasteiger partial charge in [-0.15, -0.1) is 0 Å². The van der Waals surface area contributed by atoms with E-state index in [1.54, 1.807) is 35.5 Å². The number of aromatic nitrogens is 5. The highest BCUT2D eigenvalue weighted by Gasteiger charge is 2.38. The molecule has 0 amide bonds. The summed E-state index contributed by atoms with van der Waals surface area (Å²) < 4.78 is 33.5. The first-order valence-electron chi connectivity index (χ1n) is 7.92. The highest BCUT2D eigenvalue weighted by molar-refractivity contribution is 5.84. The summed E-state index contributed by atoms with van der Waals surface area (Å²) in [5.41, 5.74) is 4.07. The second-order valence-electron chi connectivity index (χ2n) is 5.62. The number of pyridine rings is 2. The molecule has 8 nitrogen and oxygen atoms in total. The highest BCUT2D eigenvalue weighted by Crippen LogP contribution is 2.23. The van der Waals surface area contributed by atoms with Crippen molar-refractivity contribution in [1.29, 1.82) is 5.26 Å². The monoisotopic (exact) mass is 400 g/mol. The number of nitriles is 1. The molecule has 0 unspecified atom stereocenters. The minimum Gasteiger partial charge on any atom is -0.475 e. The van der Waals surface area contributed by atoms with E-state index in [1.807, 2.05) is 24.5 Å². The van der Waals surface area contributed by atoms with E-state index in [4.69, 9.17) is 15.2 Å². The molecule has 0 spiro atoms. The standard InChI is InChI=1S/C16H10N6.C2HF3O2/c17-6-11-5-12(8-18-7-11)13-9-21-22(10-13)15-2-4-20-16-14(15)1-3-19-16;3-2(4,5)1(6)7/h1-5,7-10H,(H,19,20);(H,6,7). The van der Waals surface area contributed by atoms with Gasteiger partial charge in [0.1, 0.15) is 11.7 Å². The molecule has 4 aromatic rings. The van der Waals surface area contributed by atoms with E-state index >= 15 is 0 Å². The molecule has 0 atom stereocenters. The quantitative estimate of drug-likeness (QED) is 0.533. The van der Waals surface area contributed by atoms with Gasteiger partial charge in [-0.3, -0.25) is 4.98 Å². The molecule has 4 rings (SSSR count). The summed E-state index contributed by atoms with van der Waals surface area (Å²) in [6, 6.07) is 7.78. The van der Waals surface area contributed by atoms with Gasteiger partial charge in [-0.1, -0.05) is 0 Å². The van der Waals surface area contributed by atoms with Gasteiger partial charge in [-0.25, -0.2) is 14.5 Å². The van der Waals surface area contributed by atoms with Crippen LogP contribution in [0.1, 0.15) is 5.56 Å². The Kier molecular flexibility index (Phi) is 5.27. The molecule has 4 heterocycles. The van der Waals surface area contributed by atoms with E-state index in [1.165, 1.54) is 0 Å². The van der Waals surface area contributed by atoms with Crippen LogP contribution in [0.2, 0.25) is 0 Å². The number of aromatic amines is 1. The first-order valence-corrected chi connectivity index (χ1v) is 7.92. The number of carbonyl (C=O) groups is 1. The van der Waals surface area contributed by atoms with Crippen molar-refractivity contribution in [2.45, 2.75) is 6.18 Å². The smallest absolute Gasteiger partial charge is 0.475 e. The molecule has 0 saturated heterocycles. The molecule has 146 valence electrons. The van der Waals surface area contributed by atoms with E-state index in [-0.39, 0.29) is 0 Å². The lowest BCUT2D eigenvalue weighted by atomic mass is 10.1. The number of H-pyrrole nitrogens is 1. The second-order valence-corrected chi connectivity index (χ2v) is 5.62. The molecule has 0 aromatic carbocycles. The number of hydrogen-bond acceptors (Lipinski definition) is 5. The number of fused-ring (bicyclic) bond motifs is 1. The first-order chi connectivity index (χ1) is 13.8. The molecule has 4 aromatic heterocycles. The molecular formula is C18H11F3N6O2. The number of hydrogen-bond donors (Lipinski definition) is 2. The van der Waals surface area contributed by atoms with Gasteiger partial charge in [0, 0.05) is 47.5 Å². The average Bonchev–Trinajstić information content (AvgIpc) is 3.37. The Morgan fingerprint density at radius 2 is 1.97 bits per heavy atom. The van der Waals surface area contributed by atoms with Gasteiger partial charge in [-0.2, -0.15) is 23.5 Å². The number of carboxylic acids is 1. The number of halogens is 3. The fourth-order valence-corrected chi connectivity index (χ4v) is 2.41. The van der Waals surface area contributed by atoms with Gasteiger partial charge < -0.3 is 10.1 Å². The van der Waals surface area contributed by atoms with Crippen LogP contribution in [0.4, 0.5) is 13.2 Å². The minimum absolute atomic E-state index is 0.530. The van der Waals surface area contributed by atoms with Crippen molar-refractivity contribution >= 4 is 17.0 Å². The fourth-order valence-electron chi connectivity index (χ4n) is 2.41. The summed E-state index contributed by atoms with van der Waals surface area (Å²) in [5, 5.41) is 21.5. The van der Waals surface area contributed by atoms with Crippen molar-refractivity contribution in [3.63, 3.8) is 0 Å². The summed E-state index contributed by atoms with van der Waals surface area (Å²) in [4.78, 5) is 20.3. The van der Waals surface area contributed by atoms with Crippen LogP contribution in [-0.2, 0) is 4.79 Å². The van der Waals surface area contributed by atoms with Crippen molar-refractivity contribution in [3.05, 3.63) is 60.9 Å². The molecule has 0 aliphatic rings. The lowest BCUT2D eigenvalue weighted by Gasteiger charge is -2.02. The molecule has 0 aliphatic heterocycles. The van der Waals surface area contributed by atoms with Crippen LogP contribution in [0.15, 0.2) is 55.4 Å².